The number of carboxylic acids is 1. The highest BCUT2D eigenvalue weighted by Gasteiger charge is 2.40. The number of carboxylic acid groups (broad SMARTS) is 1. The summed E-state index contributed by atoms with van der Waals surface area (Å²) in [6.07, 6.45) is 3.38. The van der Waals surface area contributed by atoms with Gasteiger partial charge in [-0.15, -0.1) is 0 Å². The third-order valence-electron chi connectivity index (χ3n) is 5.00. The summed E-state index contributed by atoms with van der Waals surface area (Å²) in [5.74, 6) is -1.39. The van der Waals surface area contributed by atoms with Crippen molar-refractivity contribution < 1.29 is 19.5 Å². The van der Waals surface area contributed by atoms with Crippen molar-refractivity contribution in [2.45, 2.75) is 52.0 Å². The molecule has 0 radical (unpaired) electrons. The van der Waals surface area contributed by atoms with Crippen LogP contribution in [0, 0.1) is 5.41 Å². The highest BCUT2D eigenvalue weighted by Crippen LogP contribution is 2.31. The molecule has 1 fully saturated rings. The average Bonchev–Trinajstić information content (AvgIpc) is 2.64. The Morgan fingerprint density at radius 2 is 1.96 bits per heavy atom. The van der Waals surface area contributed by atoms with Crippen molar-refractivity contribution in [3.63, 3.8) is 0 Å². The third kappa shape index (κ3) is 4.84. The van der Waals surface area contributed by atoms with Crippen molar-refractivity contribution in [2.24, 2.45) is 5.41 Å². The van der Waals surface area contributed by atoms with Gasteiger partial charge in [0.2, 0.25) is 5.91 Å². The van der Waals surface area contributed by atoms with Gasteiger partial charge in [-0.05, 0) is 38.3 Å². The monoisotopic (exact) mass is 360 g/mol. The molecule has 2 unspecified atom stereocenters. The maximum Gasteiger partial charge on any atom is 0.326 e. The standard InChI is InChI=1S/C20H28N2O4/c1-3-4-11-16(18(24)25)21-19(26)20(2)12-8-13-22(14-20)17(23)15-9-6-5-7-10-15/h5-7,9-10,16H,3-4,8,11-14H2,1-2H3,(H,21,26)(H,24,25). The first kappa shape index (κ1) is 19.9. The lowest BCUT2D eigenvalue weighted by atomic mass is 9.80. The quantitative estimate of drug-likeness (QED) is 0.783. The largest absolute Gasteiger partial charge is 0.480 e. The van der Waals surface area contributed by atoms with E-state index in [0.29, 0.717) is 31.5 Å². The molecule has 2 amide bonds. The van der Waals surface area contributed by atoms with Crippen LogP contribution in [0.5, 0.6) is 0 Å². The molecule has 1 aliphatic heterocycles. The van der Waals surface area contributed by atoms with Crippen LogP contribution in [0.2, 0.25) is 0 Å². The van der Waals surface area contributed by atoms with Gasteiger partial charge >= 0.3 is 5.97 Å². The molecule has 0 spiro atoms. The van der Waals surface area contributed by atoms with Crippen LogP contribution in [0.15, 0.2) is 30.3 Å². The second-order valence-corrected chi connectivity index (χ2v) is 7.26. The van der Waals surface area contributed by atoms with E-state index in [1.165, 1.54) is 0 Å². The van der Waals surface area contributed by atoms with Gasteiger partial charge in [-0.1, -0.05) is 38.0 Å². The van der Waals surface area contributed by atoms with Gasteiger partial charge < -0.3 is 15.3 Å². The second kappa shape index (κ2) is 8.83. The fraction of sp³-hybridized carbons (Fsp3) is 0.550. The number of hydrogen-bond acceptors (Lipinski definition) is 3. The molecule has 2 atom stereocenters. The minimum Gasteiger partial charge on any atom is -0.480 e. The number of benzene rings is 1. The normalized spacial score (nSPS) is 21.1. The zero-order valence-electron chi connectivity index (χ0n) is 15.5. The molecule has 1 aliphatic rings. The predicted octanol–water partition coefficient (Wildman–Crippen LogP) is 2.69. The molecule has 1 aromatic carbocycles. The molecule has 1 saturated heterocycles. The van der Waals surface area contributed by atoms with Crippen molar-refractivity contribution in [1.82, 2.24) is 10.2 Å². The fourth-order valence-corrected chi connectivity index (χ4v) is 3.36. The SMILES string of the molecule is CCCCC(NC(=O)C1(C)CCCN(C(=O)c2ccccc2)C1)C(=O)O. The summed E-state index contributed by atoms with van der Waals surface area (Å²) in [7, 11) is 0. The van der Waals surface area contributed by atoms with E-state index < -0.39 is 17.4 Å². The average molecular weight is 360 g/mol. The van der Waals surface area contributed by atoms with Gasteiger partial charge in [-0.25, -0.2) is 4.79 Å². The highest BCUT2D eigenvalue weighted by atomic mass is 16.4. The molecule has 0 aliphatic carbocycles. The molecule has 0 bridgehead atoms. The number of likely N-dealkylation sites (tertiary alicyclic amines) is 1. The number of unbranched alkanes of at least 4 members (excludes halogenated alkanes) is 1. The molecule has 2 rings (SSSR count). The van der Waals surface area contributed by atoms with Gasteiger partial charge in [0.1, 0.15) is 6.04 Å². The Bertz CT molecular complexity index is 646. The number of rotatable bonds is 7. The maximum atomic E-state index is 12.8. The van der Waals surface area contributed by atoms with Crippen LogP contribution >= 0.6 is 0 Å². The summed E-state index contributed by atoms with van der Waals surface area (Å²) in [5, 5.41) is 12.0. The van der Waals surface area contributed by atoms with E-state index in [1.807, 2.05) is 32.0 Å². The lowest BCUT2D eigenvalue weighted by Crippen LogP contribution is -2.54. The fourth-order valence-electron chi connectivity index (χ4n) is 3.36. The van der Waals surface area contributed by atoms with Gasteiger partial charge in [0.25, 0.3) is 5.91 Å². The van der Waals surface area contributed by atoms with E-state index in [4.69, 9.17) is 0 Å². The molecule has 1 heterocycles. The zero-order valence-corrected chi connectivity index (χ0v) is 15.5. The Kier molecular flexibility index (Phi) is 6.77. The first-order valence-corrected chi connectivity index (χ1v) is 9.25. The molecule has 6 heteroatoms. The number of piperidine rings is 1. The van der Waals surface area contributed by atoms with E-state index >= 15 is 0 Å². The number of hydrogen-bond donors (Lipinski definition) is 2. The van der Waals surface area contributed by atoms with Crippen molar-refractivity contribution in [1.29, 1.82) is 0 Å². The van der Waals surface area contributed by atoms with Crippen LogP contribution in [0.4, 0.5) is 0 Å². The molecule has 142 valence electrons. The summed E-state index contributed by atoms with van der Waals surface area (Å²) < 4.78 is 0. The van der Waals surface area contributed by atoms with Crippen molar-refractivity contribution in [2.75, 3.05) is 13.1 Å². The first-order valence-electron chi connectivity index (χ1n) is 9.25. The number of nitrogens with one attached hydrogen (secondary N) is 1. The highest BCUT2D eigenvalue weighted by molar-refractivity contribution is 5.95. The van der Waals surface area contributed by atoms with Gasteiger partial charge in [0, 0.05) is 18.7 Å². The van der Waals surface area contributed by atoms with Crippen LogP contribution < -0.4 is 5.32 Å². The topological polar surface area (TPSA) is 86.7 Å². The lowest BCUT2D eigenvalue weighted by Gasteiger charge is -2.39. The molecular weight excluding hydrogens is 332 g/mol. The van der Waals surface area contributed by atoms with E-state index in [2.05, 4.69) is 5.32 Å². The third-order valence-corrected chi connectivity index (χ3v) is 5.00. The van der Waals surface area contributed by atoms with Crippen LogP contribution in [0.1, 0.15) is 56.3 Å². The van der Waals surface area contributed by atoms with Crippen LogP contribution in [0.3, 0.4) is 0 Å². The molecule has 0 saturated carbocycles. The minimum atomic E-state index is -1.01. The summed E-state index contributed by atoms with van der Waals surface area (Å²) in [6.45, 7) is 4.70. The molecular formula is C20H28N2O4. The Hall–Kier alpha value is -2.37. The number of aliphatic carboxylic acids is 1. The van der Waals surface area contributed by atoms with Crippen LogP contribution in [-0.4, -0.2) is 46.9 Å². The summed E-state index contributed by atoms with van der Waals surface area (Å²) in [4.78, 5) is 38.6. The Morgan fingerprint density at radius 3 is 2.58 bits per heavy atom. The number of amides is 2. The predicted molar refractivity (Wildman–Crippen MR) is 98.8 cm³/mol. The van der Waals surface area contributed by atoms with E-state index in [9.17, 15) is 19.5 Å². The van der Waals surface area contributed by atoms with E-state index in [0.717, 1.165) is 19.3 Å². The van der Waals surface area contributed by atoms with Gasteiger partial charge in [0.15, 0.2) is 0 Å². The Balaban J connectivity index is 2.06. The number of nitrogens with zero attached hydrogens (tertiary/aromatic N) is 1. The van der Waals surface area contributed by atoms with Gasteiger partial charge in [-0.3, -0.25) is 9.59 Å². The van der Waals surface area contributed by atoms with Crippen molar-refractivity contribution in [3.05, 3.63) is 35.9 Å². The summed E-state index contributed by atoms with van der Waals surface area (Å²) >= 11 is 0. The van der Waals surface area contributed by atoms with Gasteiger partial charge in [-0.2, -0.15) is 0 Å². The second-order valence-electron chi connectivity index (χ2n) is 7.26. The van der Waals surface area contributed by atoms with E-state index in [1.54, 1.807) is 17.0 Å². The van der Waals surface area contributed by atoms with Crippen molar-refractivity contribution >= 4 is 17.8 Å². The van der Waals surface area contributed by atoms with E-state index in [-0.39, 0.29) is 11.8 Å². The van der Waals surface area contributed by atoms with Crippen molar-refractivity contribution in [3.8, 4) is 0 Å². The summed E-state index contributed by atoms with van der Waals surface area (Å²) in [5.41, 5.74) is -0.175. The zero-order chi connectivity index (χ0) is 19.2. The first-order chi connectivity index (χ1) is 12.4. The Morgan fingerprint density at radius 1 is 1.27 bits per heavy atom. The molecule has 2 N–H and O–H groups in total. The maximum absolute atomic E-state index is 12.8. The van der Waals surface area contributed by atoms with Gasteiger partial charge in [0.05, 0.1) is 5.41 Å². The Labute approximate surface area is 154 Å². The molecule has 0 aromatic heterocycles. The smallest absolute Gasteiger partial charge is 0.326 e. The van der Waals surface area contributed by atoms with Crippen LogP contribution in [0.25, 0.3) is 0 Å². The molecule has 1 aromatic rings. The summed E-state index contributed by atoms with van der Waals surface area (Å²) in [6, 6.07) is 8.13. The van der Waals surface area contributed by atoms with Crippen LogP contribution in [-0.2, 0) is 9.59 Å². The number of carbonyl (C=O) groups excluding carboxylic acids is 2. The number of carbonyl (C=O) groups is 3. The molecule has 6 nitrogen and oxygen atoms in total. The molecule has 26 heavy (non-hydrogen) atoms. The lowest BCUT2D eigenvalue weighted by molar-refractivity contribution is -0.144. The minimum absolute atomic E-state index is 0.0925.